The maximum absolute atomic E-state index is 13.7. The minimum Gasteiger partial charge on any atom is -0.391 e. The number of hydrogen-bond acceptors (Lipinski definition) is 7. The lowest BCUT2D eigenvalue weighted by Gasteiger charge is -2.36. The van der Waals surface area contributed by atoms with Crippen molar-refractivity contribution in [1.29, 1.82) is 0 Å². The normalized spacial score (nSPS) is 24.4. The monoisotopic (exact) mass is 521 g/mol. The Kier molecular flexibility index (Phi) is 7.36. The van der Waals surface area contributed by atoms with Crippen LogP contribution in [0.3, 0.4) is 0 Å². The van der Waals surface area contributed by atoms with Crippen LogP contribution in [0.4, 0.5) is 4.79 Å². The van der Waals surface area contributed by atoms with Gasteiger partial charge < -0.3 is 20.6 Å². The number of carbonyl (C=O) groups is 3. The van der Waals surface area contributed by atoms with Crippen molar-refractivity contribution in [3.05, 3.63) is 41.0 Å². The number of benzene rings is 1. The number of aromatic nitrogens is 1. The van der Waals surface area contributed by atoms with Crippen molar-refractivity contribution in [3.63, 3.8) is 0 Å². The highest BCUT2D eigenvalue weighted by atomic mass is 32.1. The number of thiazole rings is 1. The van der Waals surface area contributed by atoms with Gasteiger partial charge in [0.05, 0.1) is 36.0 Å². The number of aryl methyl sites for hydroxylation is 1. The number of nitrogens with zero attached hydrogens (tertiary/aromatic N) is 3. The van der Waals surface area contributed by atoms with Gasteiger partial charge in [-0.3, -0.25) is 14.4 Å². The smallest absolute Gasteiger partial charge is 0.277 e. The van der Waals surface area contributed by atoms with E-state index in [9.17, 15) is 19.5 Å². The molecule has 4 rings (SSSR count). The van der Waals surface area contributed by atoms with Crippen LogP contribution >= 0.6 is 11.3 Å². The maximum atomic E-state index is 13.7. The minimum atomic E-state index is -1.10. The second kappa shape index (κ2) is 10.1. The van der Waals surface area contributed by atoms with Crippen molar-refractivity contribution >= 4 is 49.7 Å². The van der Waals surface area contributed by atoms with Crippen LogP contribution in [0.25, 0.3) is 10.4 Å². The molecule has 4 atom stereocenters. The van der Waals surface area contributed by atoms with Crippen molar-refractivity contribution in [1.82, 2.24) is 20.5 Å². The lowest BCUT2D eigenvalue weighted by Crippen LogP contribution is -2.58. The fourth-order valence-electron chi connectivity index (χ4n) is 4.84. The van der Waals surface area contributed by atoms with E-state index in [0.29, 0.717) is 5.84 Å². The minimum absolute atomic E-state index is 0.104. The summed E-state index contributed by atoms with van der Waals surface area (Å²) in [6.45, 7) is 9.50. The van der Waals surface area contributed by atoms with Crippen LogP contribution < -0.4 is 10.6 Å². The molecule has 0 radical (unpaired) electrons. The molecule has 0 aliphatic carbocycles. The Bertz CT molecular complexity index is 1240. The summed E-state index contributed by atoms with van der Waals surface area (Å²) in [5, 5.41) is 16.6. The SMILES string of the molecule is BBC(=O)NC(C(=O)N1C[C@H](O)CC1C1=NC(=O)[C@](C)(c2ccc(-c3scnc3C)cc2)N1)C(C)(C)C. The van der Waals surface area contributed by atoms with Crippen LogP contribution in [0, 0.1) is 12.3 Å². The summed E-state index contributed by atoms with van der Waals surface area (Å²) in [4.78, 5) is 50.3. The number of likely N-dealkylation sites (tertiary alicyclic amines) is 1. The van der Waals surface area contributed by atoms with Gasteiger partial charge in [0.25, 0.3) is 5.91 Å². The predicted molar refractivity (Wildman–Crippen MR) is 149 cm³/mol. The van der Waals surface area contributed by atoms with Crippen LogP contribution in [0.15, 0.2) is 34.8 Å². The Balaban J connectivity index is 1.57. The van der Waals surface area contributed by atoms with Crippen molar-refractivity contribution in [3.8, 4) is 10.4 Å². The summed E-state index contributed by atoms with van der Waals surface area (Å²) in [6, 6.07) is 6.36. The van der Waals surface area contributed by atoms with E-state index in [-0.39, 0.29) is 37.8 Å². The van der Waals surface area contributed by atoms with Gasteiger partial charge in [-0.2, -0.15) is 4.99 Å². The molecule has 37 heavy (non-hydrogen) atoms. The molecule has 0 bridgehead atoms. The van der Waals surface area contributed by atoms with Gasteiger partial charge in [0.15, 0.2) is 13.0 Å². The molecule has 1 aromatic heterocycles. The third-order valence-corrected chi connectivity index (χ3v) is 8.09. The maximum Gasteiger partial charge on any atom is 0.277 e. The lowest BCUT2D eigenvalue weighted by atomic mass is 9.55. The molecular formula is C25H33B2N5O4S. The summed E-state index contributed by atoms with van der Waals surface area (Å²) >= 11 is 1.57. The second-order valence-corrected chi connectivity index (χ2v) is 11.9. The molecule has 1 aromatic carbocycles. The molecule has 2 aliphatic rings. The number of amides is 3. The Morgan fingerprint density at radius 3 is 2.57 bits per heavy atom. The van der Waals surface area contributed by atoms with Crippen molar-refractivity contribution in [2.24, 2.45) is 10.4 Å². The van der Waals surface area contributed by atoms with Crippen LogP contribution in [-0.2, 0) is 15.1 Å². The third-order valence-electron chi connectivity index (χ3n) is 7.11. The average Bonchev–Trinajstić information content (AvgIpc) is 3.53. The molecule has 0 saturated carbocycles. The van der Waals surface area contributed by atoms with Crippen LogP contribution in [0.2, 0.25) is 0 Å². The molecule has 1 saturated heterocycles. The molecule has 12 heteroatoms. The Morgan fingerprint density at radius 1 is 1.32 bits per heavy atom. The molecule has 3 heterocycles. The Hall–Kier alpha value is -2.98. The molecule has 9 nitrogen and oxygen atoms in total. The summed E-state index contributed by atoms with van der Waals surface area (Å²) in [6.07, 6.45) is -0.506. The van der Waals surface area contributed by atoms with Gasteiger partial charge in [-0.05, 0) is 30.4 Å². The number of aliphatic hydroxyl groups is 1. The molecule has 3 N–H and O–H groups in total. The number of rotatable bonds is 6. The second-order valence-electron chi connectivity index (χ2n) is 11.0. The summed E-state index contributed by atoms with van der Waals surface area (Å²) < 4.78 is 0. The molecule has 194 valence electrons. The number of β-amino-alcohol motifs (C(OH)–C–C–N with tert-alkyl or cyclic N) is 1. The molecule has 2 aromatic rings. The van der Waals surface area contributed by atoms with Gasteiger partial charge >= 0.3 is 0 Å². The standard InChI is InChI=1S/C25H33B2N5O4S/c1-13-18(37-12-28-13)14-6-8-15(9-7-14)25(5)22(35)30-20(31-25)17-10-16(33)11-32(17)21(34)19(24(2,3)4)29-23(36)27-26/h6-9,12,16-17,19,27,33H,10-11,26H2,1-5H3,(H,29,36)(H,30,31,35)/t16-,17?,19?,25+/m1/s1. The van der Waals surface area contributed by atoms with Gasteiger partial charge in [0.1, 0.15) is 17.4 Å². The summed E-state index contributed by atoms with van der Waals surface area (Å²) in [5.41, 5.74) is 2.89. The molecule has 3 amide bonds. The topological polar surface area (TPSA) is 124 Å². The third kappa shape index (κ3) is 5.22. The van der Waals surface area contributed by atoms with E-state index in [2.05, 4.69) is 20.6 Å². The van der Waals surface area contributed by atoms with Crippen molar-refractivity contribution in [2.75, 3.05) is 6.54 Å². The number of carbonyl (C=O) groups excluding carboxylic acids is 3. The number of aliphatic hydroxyl groups excluding tert-OH is 1. The van der Waals surface area contributed by atoms with E-state index in [1.807, 2.05) is 57.5 Å². The summed E-state index contributed by atoms with van der Waals surface area (Å²) in [7, 11) is 1.99. The molecule has 2 aliphatic heterocycles. The number of hydrogen-bond donors (Lipinski definition) is 3. The van der Waals surface area contributed by atoms with Gasteiger partial charge in [-0.25, -0.2) is 4.98 Å². The van der Waals surface area contributed by atoms with E-state index in [1.165, 1.54) is 4.90 Å². The van der Waals surface area contributed by atoms with Crippen molar-refractivity contribution < 1.29 is 19.5 Å². The average molecular weight is 521 g/mol. The first kappa shape index (κ1) is 27.1. The number of amidine groups is 1. The molecular weight excluding hydrogens is 488 g/mol. The number of aliphatic imine (C=N–C) groups is 1. The van der Waals surface area contributed by atoms with Gasteiger partial charge in [0, 0.05) is 13.0 Å². The van der Waals surface area contributed by atoms with Crippen molar-refractivity contribution in [2.45, 2.75) is 64.8 Å². The first-order valence-electron chi connectivity index (χ1n) is 12.5. The van der Waals surface area contributed by atoms with Crippen LogP contribution in [-0.4, -0.2) is 78.1 Å². The van der Waals surface area contributed by atoms with E-state index in [0.717, 1.165) is 21.7 Å². The lowest BCUT2D eigenvalue weighted by molar-refractivity contribution is -0.136. The Labute approximate surface area is 222 Å². The Morgan fingerprint density at radius 2 is 2.00 bits per heavy atom. The highest BCUT2D eigenvalue weighted by Crippen LogP contribution is 2.34. The molecule has 0 spiro atoms. The molecule has 1 fully saturated rings. The molecule has 2 unspecified atom stereocenters. The first-order chi connectivity index (χ1) is 17.3. The fraction of sp³-hybridized carbons (Fsp3) is 0.480. The van der Waals surface area contributed by atoms with Gasteiger partial charge in [-0.15, -0.1) is 11.3 Å². The predicted octanol–water partition coefficient (Wildman–Crippen LogP) is 0.933. The zero-order valence-electron chi connectivity index (χ0n) is 22.2. The first-order valence-corrected chi connectivity index (χ1v) is 13.4. The van der Waals surface area contributed by atoms with E-state index >= 15 is 0 Å². The summed E-state index contributed by atoms with van der Waals surface area (Å²) in [5.74, 6) is -0.523. The van der Waals surface area contributed by atoms with Gasteiger partial charge in [-0.1, -0.05) is 45.0 Å². The quantitative estimate of drug-likeness (QED) is 0.487. The zero-order valence-corrected chi connectivity index (χ0v) is 23.0. The van der Waals surface area contributed by atoms with Gasteiger partial charge in [0.2, 0.25) is 5.91 Å². The number of nitrogens with one attached hydrogen (secondary N) is 2. The van der Waals surface area contributed by atoms with E-state index in [1.54, 1.807) is 26.0 Å². The van der Waals surface area contributed by atoms with Crippen LogP contribution in [0.5, 0.6) is 0 Å². The van der Waals surface area contributed by atoms with E-state index in [4.69, 9.17) is 0 Å². The largest absolute Gasteiger partial charge is 0.391 e. The fourth-order valence-corrected chi connectivity index (χ4v) is 5.65. The highest BCUT2D eigenvalue weighted by Gasteiger charge is 2.49. The zero-order chi connectivity index (χ0) is 27.1. The van der Waals surface area contributed by atoms with E-state index < -0.39 is 29.1 Å². The van der Waals surface area contributed by atoms with Crippen LogP contribution in [0.1, 0.15) is 45.4 Å². The highest BCUT2D eigenvalue weighted by molar-refractivity contribution is 7.13.